The van der Waals surface area contributed by atoms with Gasteiger partial charge < -0.3 is 15.0 Å². The molecule has 1 saturated heterocycles. The van der Waals surface area contributed by atoms with Crippen molar-refractivity contribution in [3.05, 3.63) is 102 Å². The molecule has 2 aromatic heterocycles. The van der Waals surface area contributed by atoms with Crippen LogP contribution in [0.3, 0.4) is 0 Å². The first-order valence-corrected chi connectivity index (χ1v) is 12.4. The minimum atomic E-state index is -0.142. The number of fused-ring (bicyclic) bond motifs is 1. The second-order valence-electron chi connectivity index (χ2n) is 9.12. The van der Waals surface area contributed by atoms with Crippen molar-refractivity contribution in [2.45, 2.75) is 6.54 Å². The van der Waals surface area contributed by atoms with E-state index in [1.54, 1.807) is 6.20 Å². The van der Waals surface area contributed by atoms with E-state index in [0.29, 0.717) is 5.56 Å². The number of anilines is 1. The topological polar surface area (TPSA) is 83.1 Å². The number of hydrogen-bond acceptors (Lipinski definition) is 5. The summed E-state index contributed by atoms with van der Waals surface area (Å²) in [6.45, 7) is 4.47. The van der Waals surface area contributed by atoms with Crippen molar-refractivity contribution < 1.29 is 9.53 Å². The first-order chi connectivity index (χ1) is 18.2. The number of morpholine rings is 1. The number of ether oxygens (including phenoxy) is 1. The molecule has 5 aromatic rings. The number of para-hydroxylation sites is 1. The molecular weight excluding hydrogens is 498 g/mol. The van der Waals surface area contributed by atoms with Gasteiger partial charge in [-0.15, -0.1) is 12.4 Å². The third-order valence-electron chi connectivity index (χ3n) is 6.61. The summed E-state index contributed by atoms with van der Waals surface area (Å²) in [5.41, 5.74) is 7.13. The molecule has 2 N–H and O–H groups in total. The number of aromatic nitrogens is 3. The van der Waals surface area contributed by atoms with Gasteiger partial charge >= 0.3 is 0 Å². The number of carbonyl (C=O) groups excluding carboxylic acids is 1. The lowest BCUT2D eigenvalue weighted by Gasteiger charge is -2.26. The summed E-state index contributed by atoms with van der Waals surface area (Å²) in [6.07, 6.45) is 1.78. The van der Waals surface area contributed by atoms with Crippen LogP contribution in [0.15, 0.2) is 91.1 Å². The van der Waals surface area contributed by atoms with Gasteiger partial charge in [0, 0.05) is 48.2 Å². The van der Waals surface area contributed by atoms with Crippen LogP contribution >= 0.6 is 12.4 Å². The fourth-order valence-electron chi connectivity index (χ4n) is 4.59. The molecule has 1 amide bonds. The predicted octanol–water partition coefficient (Wildman–Crippen LogP) is 5.80. The standard InChI is InChI=1S/C30H27N5O2.ClH/c36-30(32-25-4-2-1-3-5-25)24-12-10-22(11-13-24)26-14-15-31-29-27(26)33-28(34-29)23-8-6-21(7-9-23)20-35-16-18-37-19-17-35;/h1-15H,16-20H2,(H,32,36)(H,31,33,34);1H. The molecule has 8 heteroatoms. The number of nitrogens with one attached hydrogen (secondary N) is 2. The smallest absolute Gasteiger partial charge is 0.255 e. The number of imidazole rings is 1. The molecule has 7 nitrogen and oxygen atoms in total. The van der Waals surface area contributed by atoms with Gasteiger partial charge in [0.25, 0.3) is 5.91 Å². The van der Waals surface area contributed by atoms with Crippen molar-refractivity contribution in [3.63, 3.8) is 0 Å². The maximum absolute atomic E-state index is 12.6. The first-order valence-electron chi connectivity index (χ1n) is 12.4. The lowest BCUT2D eigenvalue weighted by Crippen LogP contribution is -2.35. The fraction of sp³-hybridized carbons (Fsp3) is 0.167. The van der Waals surface area contributed by atoms with Crippen molar-refractivity contribution in [1.29, 1.82) is 0 Å². The van der Waals surface area contributed by atoms with Crippen LogP contribution in [0.2, 0.25) is 0 Å². The molecule has 3 aromatic carbocycles. The van der Waals surface area contributed by atoms with E-state index >= 15 is 0 Å². The molecule has 192 valence electrons. The van der Waals surface area contributed by atoms with Gasteiger partial charge in [-0.05, 0) is 41.5 Å². The lowest BCUT2D eigenvalue weighted by atomic mass is 10.0. The van der Waals surface area contributed by atoms with E-state index < -0.39 is 0 Å². The van der Waals surface area contributed by atoms with Crippen LogP contribution in [0.4, 0.5) is 5.69 Å². The normalized spacial score (nSPS) is 13.7. The van der Waals surface area contributed by atoms with E-state index in [1.807, 2.05) is 60.7 Å². The quantitative estimate of drug-likeness (QED) is 0.293. The molecule has 0 aliphatic carbocycles. The third kappa shape index (κ3) is 5.60. The second kappa shape index (κ2) is 11.6. The van der Waals surface area contributed by atoms with Crippen LogP contribution in [0, 0.1) is 0 Å². The molecule has 0 atom stereocenters. The Morgan fingerprint density at radius 2 is 1.61 bits per heavy atom. The van der Waals surface area contributed by atoms with E-state index in [2.05, 4.69) is 44.5 Å². The summed E-state index contributed by atoms with van der Waals surface area (Å²) in [5, 5.41) is 2.92. The molecule has 0 spiro atoms. The average Bonchev–Trinajstić information content (AvgIpc) is 3.39. The summed E-state index contributed by atoms with van der Waals surface area (Å²) < 4.78 is 5.45. The number of H-pyrrole nitrogens is 1. The van der Waals surface area contributed by atoms with Gasteiger partial charge in [0.1, 0.15) is 11.3 Å². The molecule has 0 bridgehead atoms. The highest BCUT2D eigenvalue weighted by molar-refractivity contribution is 6.04. The number of rotatable bonds is 6. The number of nitrogens with zero attached hydrogens (tertiary/aromatic N) is 3. The van der Waals surface area contributed by atoms with E-state index in [1.165, 1.54) is 5.56 Å². The highest BCUT2D eigenvalue weighted by Crippen LogP contribution is 2.29. The van der Waals surface area contributed by atoms with Gasteiger partial charge in [0.05, 0.1) is 13.2 Å². The van der Waals surface area contributed by atoms with Gasteiger partial charge in [-0.25, -0.2) is 9.97 Å². The van der Waals surface area contributed by atoms with Crippen molar-refractivity contribution >= 4 is 35.2 Å². The van der Waals surface area contributed by atoms with E-state index in [4.69, 9.17) is 9.72 Å². The second-order valence-corrected chi connectivity index (χ2v) is 9.12. The number of benzene rings is 3. The van der Waals surface area contributed by atoms with E-state index in [-0.39, 0.29) is 18.3 Å². The molecule has 1 fully saturated rings. The van der Waals surface area contributed by atoms with Crippen molar-refractivity contribution in [3.8, 4) is 22.5 Å². The Kier molecular flexibility index (Phi) is 7.79. The van der Waals surface area contributed by atoms with Crippen molar-refractivity contribution in [2.24, 2.45) is 0 Å². The maximum Gasteiger partial charge on any atom is 0.255 e. The Bertz CT molecular complexity index is 1510. The Labute approximate surface area is 227 Å². The van der Waals surface area contributed by atoms with Crippen molar-refractivity contribution in [1.82, 2.24) is 19.9 Å². The fourth-order valence-corrected chi connectivity index (χ4v) is 4.59. The zero-order chi connectivity index (χ0) is 25.0. The number of pyridine rings is 1. The Morgan fingerprint density at radius 3 is 2.34 bits per heavy atom. The van der Waals surface area contributed by atoms with Crippen LogP contribution in [0.25, 0.3) is 33.7 Å². The number of hydrogen-bond donors (Lipinski definition) is 2. The molecule has 1 aliphatic heterocycles. The highest BCUT2D eigenvalue weighted by Gasteiger charge is 2.14. The van der Waals surface area contributed by atoms with Crippen LogP contribution in [0.5, 0.6) is 0 Å². The third-order valence-corrected chi connectivity index (χ3v) is 6.61. The Morgan fingerprint density at radius 1 is 0.895 bits per heavy atom. The monoisotopic (exact) mass is 525 g/mol. The number of carbonyl (C=O) groups is 1. The van der Waals surface area contributed by atoms with Gasteiger partial charge in [0.2, 0.25) is 0 Å². The number of aromatic amines is 1. The highest BCUT2D eigenvalue weighted by atomic mass is 35.5. The molecule has 1 aliphatic rings. The summed E-state index contributed by atoms with van der Waals surface area (Å²) in [6, 6.07) is 27.5. The average molecular weight is 526 g/mol. The van der Waals surface area contributed by atoms with Crippen LogP contribution in [-0.2, 0) is 11.3 Å². The molecule has 38 heavy (non-hydrogen) atoms. The van der Waals surface area contributed by atoms with Gasteiger partial charge in [-0.3, -0.25) is 9.69 Å². The molecule has 0 unspecified atom stereocenters. The molecule has 3 heterocycles. The van der Waals surface area contributed by atoms with Crippen LogP contribution in [-0.4, -0.2) is 52.1 Å². The number of amides is 1. The molecule has 0 saturated carbocycles. The first kappa shape index (κ1) is 25.6. The SMILES string of the molecule is Cl.O=C(Nc1ccccc1)c1ccc(-c2ccnc3[nH]c(-c4ccc(CN5CCOCC5)cc4)nc23)cc1. The van der Waals surface area contributed by atoms with E-state index in [9.17, 15) is 4.79 Å². The van der Waals surface area contributed by atoms with Gasteiger partial charge in [0.15, 0.2) is 5.65 Å². The summed E-state index contributed by atoms with van der Waals surface area (Å²) in [7, 11) is 0. The Balaban J connectivity index is 0.00000294. The summed E-state index contributed by atoms with van der Waals surface area (Å²) >= 11 is 0. The van der Waals surface area contributed by atoms with Crippen LogP contribution in [0.1, 0.15) is 15.9 Å². The number of halogens is 1. The molecule has 0 radical (unpaired) electrons. The zero-order valence-corrected chi connectivity index (χ0v) is 21.6. The zero-order valence-electron chi connectivity index (χ0n) is 20.8. The van der Waals surface area contributed by atoms with Crippen molar-refractivity contribution in [2.75, 3.05) is 31.6 Å². The molecule has 6 rings (SSSR count). The largest absolute Gasteiger partial charge is 0.379 e. The molecular formula is C30H28ClN5O2. The predicted molar refractivity (Wildman–Crippen MR) is 152 cm³/mol. The van der Waals surface area contributed by atoms with Crippen LogP contribution < -0.4 is 5.32 Å². The van der Waals surface area contributed by atoms with E-state index in [0.717, 1.165) is 72.2 Å². The minimum Gasteiger partial charge on any atom is -0.379 e. The maximum atomic E-state index is 12.6. The lowest BCUT2D eigenvalue weighted by molar-refractivity contribution is 0.0342. The minimum absolute atomic E-state index is 0. The Hall–Kier alpha value is -4.04. The summed E-state index contributed by atoms with van der Waals surface area (Å²) in [5.74, 6) is 0.642. The van der Waals surface area contributed by atoms with Gasteiger partial charge in [-0.1, -0.05) is 54.6 Å². The van der Waals surface area contributed by atoms with Gasteiger partial charge in [-0.2, -0.15) is 0 Å². The summed E-state index contributed by atoms with van der Waals surface area (Å²) in [4.78, 5) is 27.8.